The molecule has 1 heterocycles. The maximum absolute atomic E-state index is 12.8. The zero-order valence-electron chi connectivity index (χ0n) is 7.17. The predicted octanol–water partition coefficient (Wildman–Crippen LogP) is 1.09. The van der Waals surface area contributed by atoms with Crippen molar-refractivity contribution in [2.24, 2.45) is 7.05 Å². The number of pyridine rings is 1. The number of carbonyl (C=O) groups excluding carboxylic acids is 1. The topological polar surface area (TPSA) is 30.2 Å². The maximum atomic E-state index is 12.8. The van der Waals surface area contributed by atoms with Crippen LogP contribution >= 0.6 is 11.6 Å². The summed E-state index contributed by atoms with van der Waals surface area (Å²) in [5.74, 6) is -1.19. The number of hydrogen-bond acceptors (Lipinski definition) is 2. The summed E-state index contributed by atoms with van der Waals surface area (Å²) >= 11 is 5.73. The van der Waals surface area contributed by atoms with E-state index in [9.17, 15) is 9.18 Å². The van der Waals surface area contributed by atoms with Gasteiger partial charge in [0, 0.05) is 6.07 Å². The molecule has 13 heavy (non-hydrogen) atoms. The van der Waals surface area contributed by atoms with Crippen LogP contribution in [0.1, 0.15) is 10.4 Å². The van der Waals surface area contributed by atoms with Gasteiger partial charge in [-0.2, -0.15) is 4.57 Å². The summed E-state index contributed by atoms with van der Waals surface area (Å²) in [7, 11) is 2.75. The Morgan fingerprint density at radius 1 is 1.69 bits per heavy atom. The molecular weight excluding hydrogens is 197 g/mol. The van der Waals surface area contributed by atoms with E-state index in [4.69, 9.17) is 11.6 Å². The molecule has 0 aliphatic heterocycles. The number of nitrogens with zero attached hydrogens (tertiary/aromatic N) is 1. The van der Waals surface area contributed by atoms with Gasteiger partial charge >= 0.3 is 5.97 Å². The molecule has 1 rings (SSSR count). The molecule has 0 bridgehead atoms. The summed E-state index contributed by atoms with van der Waals surface area (Å²) in [5.41, 5.74) is 0.0201. The Morgan fingerprint density at radius 3 is 2.85 bits per heavy atom. The molecule has 0 atom stereocenters. The molecule has 0 aliphatic rings. The second kappa shape index (κ2) is 3.70. The Morgan fingerprint density at radius 2 is 2.31 bits per heavy atom. The number of rotatable bonds is 1. The van der Waals surface area contributed by atoms with Crippen molar-refractivity contribution in [3.05, 3.63) is 28.8 Å². The van der Waals surface area contributed by atoms with Gasteiger partial charge in [0.1, 0.15) is 12.6 Å². The molecule has 5 heteroatoms. The van der Waals surface area contributed by atoms with Gasteiger partial charge < -0.3 is 4.74 Å². The minimum absolute atomic E-state index is 0.0201. The van der Waals surface area contributed by atoms with E-state index in [1.807, 2.05) is 0 Å². The Labute approximate surface area is 79.7 Å². The fourth-order valence-electron chi connectivity index (χ4n) is 0.919. The lowest BCUT2D eigenvalue weighted by molar-refractivity contribution is -0.670. The van der Waals surface area contributed by atoms with Crippen molar-refractivity contribution >= 4 is 17.6 Å². The van der Waals surface area contributed by atoms with Gasteiger partial charge in [-0.25, -0.2) is 9.18 Å². The van der Waals surface area contributed by atoms with Gasteiger partial charge in [-0.15, -0.1) is 0 Å². The molecule has 0 N–H and O–H groups in total. The predicted molar refractivity (Wildman–Crippen MR) is 43.9 cm³/mol. The highest BCUT2D eigenvalue weighted by molar-refractivity contribution is 6.31. The quantitative estimate of drug-likeness (QED) is 0.390. The van der Waals surface area contributed by atoms with Crippen LogP contribution in [-0.4, -0.2) is 13.1 Å². The molecule has 70 valence electrons. The van der Waals surface area contributed by atoms with E-state index in [1.165, 1.54) is 24.9 Å². The van der Waals surface area contributed by atoms with Crippen LogP contribution in [-0.2, 0) is 11.8 Å². The number of methoxy groups -OCH3 is 1. The van der Waals surface area contributed by atoms with Crippen molar-refractivity contribution in [2.75, 3.05) is 7.11 Å². The van der Waals surface area contributed by atoms with Crippen LogP contribution in [0.5, 0.6) is 0 Å². The highest BCUT2D eigenvalue weighted by atomic mass is 35.5. The minimum atomic E-state index is -0.653. The Bertz CT molecular complexity index is 354. The molecule has 0 aromatic carbocycles. The van der Waals surface area contributed by atoms with Crippen molar-refractivity contribution in [3.8, 4) is 0 Å². The number of esters is 1. The van der Waals surface area contributed by atoms with Crippen LogP contribution in [0.25, 0.3) is 0 Å². The first kappa shape index (κ1) is 9.92. The van der Waals surface area contributed by atoms with Crippen molar-refractivity contribution in [3.63, 3.8) is 0 Å². The first-order valence-electron chi connectivity index (χ1n) is 3.49. The zero-order chi connectivity index (χ0) is 10.0. The maximum Gasteiger partial charge on any atom is 0.345 e. The summed E-state index contributed by atoms with van der Waals surface area (Å²) in [5, 5.41) is 0.147. The fourth-order valence-corrected chi connectivity index (χ4v) is 1.10. The Kier molecular flexibility index (Phi) is 2.83. The third-order valence-corrected chi connectivity index (χ3v) is 2.01. The number of ether oxygens (including phenoxy) is 1. The molecule has 0 unspecified atom stereocenters. The van der Waals surface area contributed by atoms with Gasteiger partial charge in [-0.05, 0) is 11.6 Å². The largest absolute Gasteiger partial charge is 0.465 e. The van der Waals surface area contributed by atoms with Crippen LogP contribution < -0.4 is 4.57 Å². The van der Waals surface area contributed by atoms with Crippen LogP contribution in [0, 0.1) is 5.82 Å². The van der Waals surface area contributed by atoms with Gasteiger partial charge in [0.2, 0.25) is 6.20 Å². The molecule has 0 radical (unpaired) electrons. The van der Waals surface area contributed by atoms with Crippen molar-refractivity contribution in [2.45, 2.75) is 0 Å². The van der Waals surface area contributed by atoms with Gasteiger partial charge in [-0.1, -0.05) is 0 Å². The fraction of sp³-hybridized carbons (Fsp3) is 0.250. The number of halogens is 2. The Balaban J connectivity index is 3.28. The molecule has 0 spiro atoms. The smallest absolute Gasteiger partial charge is 0.345 e. The highest BCUT2D eigenvalue weighted by Crippen LogP contribution is 2.12. The second-order valence-corrected chi connectivity index (χ2v) is 2.82. The Hall–Kier alpha value is -1.16. The summed E-state index contributed by atoms with van der Waals surface area (Å²) < 4.78 is 18.5. The lowest BCUT2D eigenvalue weighted by Gasteiger charge is -1.99. The first-order chi connectivity index (χ1) is 6.06. The van der Waals surface area contributed by atoms with Gasteiger partial charge in [-0.3, -0.25) is 0 Å². The SMILES string of the molecule is COC(=O)c1cc(F)c[n+](C)c1Cl. The average Bonchev–Trinajstić information content (AvgIpc) is 2.10. The summed E-state index contributed by atoms with van der Waals surface area (Å²) in [6, 6.07) is 1.04. The molecule has 0 saturated heterocycles. The molecule has 0 aliphatic carbocycles. The standard InChI is InChI=1S/C8H8ClFNO2/c1-11-4-5(10)3-6(7(11)9)8(12)13-2/h3-4H,1-2H3/q+1. The lowest BCUT2D eigenvalue weighted by Crippen LogP contribution is -2.32. The third kappa shape index (κ3) is 1.95. The zero-order valence-corrected chi connectivity index (χ0v) is 7.93. The van der Waals surface area contributed by atoms with Gasteiger partial charge in [0.15, 0.2) is 5.82 Å². The lowest BCUT2D eigenvalue weighted by atomic mass is 10.3. The first-order valence-corrected chi connectivity index (χ1v) is 3.87. The molecule has 0 fully saturated rings. The van der Waals surface area contributed by atoms with Crippen LogP contribution in [0.15, 0.2) is 12.3 Å². The molecule has 0 amide bonds. The molecule has 0 saturated carbocycles. The van der Waals surface area contributed by atoms with E-state index in [0.717, 1.165) is 6.07 Å². The van der Waals surface area contributed by atoms with E-state index in [-0.39, 0.29) is 10.7 Å². The molecule has 1 aromatic rings. The van der Waals surface area contributed by atoms with Crippen LogP contribution in [0.2, 0.25) is 5.15 Å². The van der Waals surface area contributed by atoms with Crippen molar-refractivity contribution in [1.29, 1.82) is 0 Å². The number of carbonyl (C=O) groups is 1. The molecule has 3 nitrogen and oxygen atoms in total. The molecule has 1 aromatic heterocycles. The summed E-state index contributed by atoms with van der Waals surface area (Å²) in [4.78, 5) is 11.1. The van der Waals surface area contributed by atoms with Crippen molar-refractivity contribution in [1.82, 2.24) is 0 Å². The van der Waals surface area contributed by atoms with Crippen LogP contribution in [0.4, 0.5) is 4.39 Å². The highest BCUT2D eigenvalue weighted by Gasteiger charge is 2.20. The number of aryl methyl sites for hydroxylation is 1. The van der Waals surface area contributed by atoms with Gasteiger partial charge in [0.25, 0.3) is 5.15 Å². The monoisotopic (exact) mass is 204 g/mol. The van der Waals surface area contributed by atoms with E-state index in [1.54, 1.807) is 0 Å². The summed E-state index contributed by atoms with van der Waals surface area (Å²) in [6.07, 6.45) is 1.18. The normalized spacial score (nSPS) is 9.85. The van der Waals surface area contributed by atoms with Gasteiger partial charge in [0.05, 0.1) is 7.11 Å². The van der Waals surface area contributed by atoms with E-state index >= 15 is 0 Å². The van der Waals surface area contributed by atoms with Crippen LogP contribution in [0.3, 0.4) is 0 Å². The number of aromatic nitrogens is 1. The van der Waals surface area contributed by atoms with E-state index < -0.39 is 11.8 Å². The van der Waals surface area contributed by atoms with Crippen molar-refractivity contribution < 1.29 is 18.5 Å². The molecular formula is C8H8ClFNO2+. The minimum Gasteiger partial charge on any atom is -0.465 e. The van der Waals surface area contributed by atoms with E-state index in [2.05, 4.69) is 4.74 Å². The number of hydrogen-bond donors (Lipinski definition) is 0. The van der Waals surface area contributed by atoms with E-state index in [0.29, 0.717) is 0 Å². The third-order valence-electron chi connectivity index (χ3n) is 1.54. The second-order valence-electron chi connectivity index (χ2n) is 2.47. The summed E-state index contributed by atoms with van der Waals surface area (Å²) in [6.45, 7) is 0. The average molecular weight is 205 g/mol.